The van der Waals surface area contributed by atoms with Crippen molar-refractivity contribution < 1.29 is 5.11 Å². The second-order valence-electron chi connectivity index (χ2n) is 9.83. The van der Waals surface area contributed by atoms with Crippen LogP contribution in [0, 0.1) is 6.92 Å². The first-order valence-corrected chi connectivity index (χ1v) is 12.5. The molecule has 0 radical (unpaired) electrons. The van der Waals surface area contributed by atoms with Crippen molar-refractivity contribution >= 4 is 21.7 Å². The maximum atomic E-state index is 13.6. The van der Waals surface area contributed by atoms with E-state index in [1.165, 1.54) is 0 Å². The molecular formula is C30H28N4O2. The number of hydrogen-bond donors (Lipinski definition) is 1. The number of nitrogens with zero attached hydrogens (tertiary/aromatic N) is 4. The van der Waals surface area contributed by atoms with Crippen molar-refractivity contribution in [3.63, 3.8) is 0 Å². The van der Waals surface area contributed by atoms with Crippen LogP contribution in [-0.4, -0.2) is 30.7 Å². The fourth-order valence-corrected chi connectivity index (χ4v) is 5.46. The van der Waals surface area contributed by atoms with E-state index in [0.29, 0.717) is 17.3 Å². The molecule has 6 heteroatoms. The summed E-state index contributed by atoms with van der Waals surface area (Å²) in [6.45, 7) is 2.02. The van der Waals surface area contributed by atoms with E-state index in [4.69, 9.17) is 4.98 Å². The van der Waals surface area contributed by atoms with Crippen molar-refractivity contribution in [1.82, 2.24) is 19.5 Å². The Kier molecular flexibility index (Phi) is 5.82. The molecule has 2 atom stereocenters. The van der Waals surface area contributed by atoms with E-state index < -0.39 is 6.10 Å². The smallest absolute Gasteiger partial charge is 0.261 e. The zero-order valence-corrected chi connectivity index (χ0v) is 20.3. The van der Waals surface area contributed by atoms with E-state index in [9.17, 15) is 9.90 Å². The third-order valence-corrected chi connectivity index (χ3v) is 7.32. The molecule has 1 N–H and O–H groups in total. The van der Waals surface area contributed by atoms with Crippen LogP contribution < -0.4 is 5.56 Å². The lowest BCUT2D eigenvalue weighted by molar-refractivity contribution is 0.0735. The number of rotatable bonds is 4. The Hall–Kier alpha value is -3.90. The maximum absolute atomic E-state index is 13.6. The van der Waals surface area contributed by atoms with Crippen LogP contribution in [0.2, 0.25) is 0 Å². The molecule has 0 spiro atoms. The number of pyridine rings is 2. The maximum Gasteiger partial charge on any atom is 0.261 e. The number of aliphatic hydroxyl groups excluding tert-OH is 1. The van der Waals surface area contributed by atoms with E-state index in [0.717, 1.165) is 64.4 Å². The molecule has 0 aliphatic heterocycles. The third kappa shape index (κ3) is 4.07. The van der Waals surface area contributed by atoms with E-state index >= 15 is 0 Å². The summed E-state index contributed by atoms with van der Waals surface area (Å²) in [4.78, 5) is 27.3. The summed E-state index contributed by atoms with van der Waals surface area (Å²) >= 11 is 0. The first-order valence-electron chi connectivity index (χ1n) is 12.5. The lowest BCUT2D eigenvalue weighted by atomic mass is 9.92. The van der Waals surface area contributed by atoms with Crippen molar-refractivity contribution in [2.75, 3.05) is 0 Å². The number of aryl methyl sites for hydroxylation is 1. The predicted octanol–water partition coefficient (Wildman–Crippen LogP) is 5.38. The topological polar surface area (TPSA) is 80.9 Å². The minimum Gasteiger partial charge on any atom is -0.391 e. The predicted molar refractivity (Wildman–Crippen MR) is 142 cm³/mol. The molecule has 0 unspecified atom stereocenters. The van der Waals surface area contributed by atoms with Gasteiger partial charge in [0.05, 0.1) is 35.1 Å². The summed E-state index contributed by atoms with van der Waals surface area (Å²) < 4.78 is 1.65. The molecule has 1 aliphatic rings. The van der Waals surface area contributed by atoms with Gasteiger partial charge in [0.15, 0.2) is 0 Å². The second-order valence-corrected chi connectivity index (χ2v) is 9.83. The lowest BCUT2D eigenvalue weighted by Crippen LogP contribution is -2.34. The Labute approximate surface area is 209 Å². The van der Waals surface area contributed by atoms with E-state index in [1.54, 1.807) is 10.9 Å². The van der Waals surface area contributed by atoms with Gasteiger partial charge in [-0.2, -0.15) is 0 Å². The third-order valence-electron chi connectivity index (χ3n) is 7.32. The SMILES string of the molecule is Cc1cncc(-c2ccc(Cc3cc4c(=O)n([C@H]5CCCC[C@@H]5O)cnc4c4ccccc34)cn2)c1. The molecular weight excluding hydrogens is 448 g/mol. The highest BCUT2D eigenvalue weighted by Gasteiger charge is 2.26. The number of fused-ring (bicyclic) bond motifs is 3. The van der Waals surface area contributed by atoms with Crippen LogP contribution in [0.25, 0.3) is 32.9 Å². The summed E-state index contributed by atoms with van der Waals surface area (Å²) in [5.41, 5.74) is 5.73. The van der Waals surface area contributed by atoms with E-state index in [-0.39, 0.29) is 11.6 Å². The quantitative estimate of drug-likeness (QED) is 0.352. The van der Waals surface area contributed by atoms with E-state index in [1.807, 2.05) is 55.8 Å². The van der Waals surface area contributed by atoms with Crippen molar-refractivity contribution in [2.45, 2.75) is 51.2 Å². The Morgan fingerprint density at radius 3 is 2.56 bits per heavy atom. The number of benzene rings is 2. The first kappa shape index (κ1) is 22.6. The molecule has 1 fully saturated rings. The Balaban J connectivity index is 1.42. The van der Waals surface area contributed by atoms with Crippen LogP contribution in [0.3, 0.4) is 0 Å². The Morgan fingerprint density at radius 2 is 1.78 bits per heavy atom. The molecule has 36 heavy (non-hydrogen) atoms. The van der Waals surface area contributed by atoms with Crippen molar-refractivity contribution in [3.8, 4) is 11.3 Å². The van der Waals surface area contributed by atoms with Crippen molar-refractivity contribution in [3.05, 3.63) is 100 Å². The van der Waals surface area contributed by atoms with Crippen molar-refractivity contribution in [1.29, 1.82) is 0 Å². The Bertz CT molecular complexity index is 1620. The normalized spacial score (nSPS) is 18.1. The van der Waals surface area contributed by atoms with Gasteiger partial charge in [-0.1, -0.05) is 43.2 Å². The number of aromatic nitrogens is 4. The fourth-order valence-electron chi connectivity index (χ4n) is 5.46. The van der Waals surface area contributed by atoms with Gasteiger partial charge in [-0.05, 0) is 66.5 Å². The lowest BCUT2D eigenvalue weighted by Gasteiger charge is -2.29. The van der Waals surface area contributed by atoms with E-state index in [2.05, 4.69) is 28.2 Å². The van der Waals surface area contributed by atoms with Gasteiger partial charge in [0, 0.05) is 29.5 Å². The highest BCUT2D eigenvalue weighted by molar-refractivity contribution is 6.06. The summed E-state index contributed by atoms with van der Waals surface area (Å²) in [5.74, 6) is 0. The molecule has 6 rings (SSSR count). The van der Waals surface area contributed by atoms with Crippen LogP contribution in [0.1, 0.15) is 48.4 Å². The molecule has 0 amide bonds. The zero-order valence-electron chi connectivity index (χ0n) is 20.3. The van der Waals surface area contributed by atoms with Crippen LogP contribution in [0.4, 0.5) is 0 Å². The molecule has 3 heterocycles. The summed E-state index contributed by atoms with van der Waals surface area (Å²) in [6, 6.07) is 16.1. The molecule has 5 aromatic rings. The summed E-state index contributed by atoms with van der Waals surface area (Å²) in [7, 11) is 0. The van der Waals surface area contributed by atoms with Crippen molar-refractivity contribution in [2.24, 2.45) is 0 Å². The standard InChI is InChI=1S/C30H28N4O2/c1-19-12-22(17-31-15-19)26-11-10-20(16-32-26)13-21-14-25-29(24-7-3-2-6-23(21)24)33-18-34(30(25)36)27-8-4-5-9-28(27)35/h2-3,6-7,10-12,14-18,27-28,35H,4-5,8-9,13H2,1H3/t27-,28-/m0/s1. The van der Waals surface area contributed by atoms with Gasteiger partial charge in [0.2, 0.25) is 0 Å². The monoisotopic (exact) mass is 476 g/mol. The Morgan fingerprint density at radius 1 is 0.944 bits per heavy atom. The minimum absolute atomic E-state index is 0.0848. The van der Waals surface area contributed by atoms with Crippen LogP contribution in [-0.2, 0) is 6.42 Å². The second kappa shape index (κ2) is 9.28. The van der Waals surface area contributed by atoms with Crippen LogP contribution in [0.15, 0.2) is 78.2 Å². The molecule has 1 aliphatic carbocycles. The molecule has 6 nitrogen and oxygen atoms in total. The van der Waals surface area contributed by atoms with Crippen LogP contribution in [0.5, 0.6) is 0 Å². The molecule has 2 aromatic carbocycles. The zero-order chi connectivity index (χ0) is 24.6. The molecule has 0 saturated heterocycles. The number of hydrogen-bond acceptors (Lipinski definition) is 5. The van der Waals surface area contributed by atoms with Gasteiger partial charge >= 0.3 is 0 Å². The largest absolute Gasteiger partial charge is 0.391 e. The average molecular weight is 477 g/mol. The first-order chi connectivity index (χ1) is 17.6. The molecule has 180 valence electrons. The summed E-state index contributed by atoms with van der Waals surface area (Å²) in [6.07, 6.45) is 10.8. The van der Waals surface area contributed by atoms with Gasteiger partial charge < -0.3 is 5.11 Å². The van der Waals surface area contributed by atoms with Gasteiger partial charge in [-0.3, -0.25) is 19.3 Å². The highest BCUT2D eigenvalue weighted by Crippen LogP contribution is 2.31. The molecule has 1 saturated carbocycles. The highest BCUT2D eigenvalue weighted by atomic mass is 16.3. The van der Waals surface area contributed by atoms with Crippen LogP contribution >= 0.6 is 0 Å². The summed E-state index contributed by atoms with van der Waals surface area (Å²) in [5, 5.41) is 13.2. The number of aliphatic hydroxyl groups is 1. The van der Waals surface area contributed by atoms with Gasteiger partial charge in [0.1, 0.15) is 0 Å². The molecule has 3 aromatic heterocycles. The minimum atomic E-state index is -0.510. The average Bonchev–Trinajstić information content (AvgIpc) is 2.90. The van der Waals surface area contributed by atoms with Gasteiger partial charge in [-0.15, -0.1) is 0 Å². The van der Waals surface area contributed by atoms with Gasteiger partial charge in [0.25, 0.3) is 5.56 Å². The molecule has 0 bridgehead atoms. The van der Waals surface area contributed by atoms with Gasteiger partial charge in [-0.25, -0.2) is 4.98 Å². The fraction of sp³-hybridized carbons (Fsp3) is 0.267.